The summed E-state index contributed by atoms with van der Waals surface area (Å²) >= 11 is 0. The number of sulfone groups is 1. The minimum absolute atomic E-state index is 0.102. The first-order chi connectivity index (χ1) is 6.66. The number of rotatable bonds is 3. The summed E-state index contributed by atoms with van der Waals surface area (Å²) in [6, 6.07) is 7.32. The molecule has 0 unspecified atom stereocenters. The zero-order valence-corrected chi connectivity index (χ0v) is 9.05. The molecule has 76 valence electrons. The molecule has 0 amide bonds. The van der Waals surface area contributed by atoms with Gasteiger partial charge in [-0.1, -0.05) is 25.1 Å². The highest BCUT2D eigenvalue weighted by atomic mass is 32.2. The van der Waals surface area contributed by atoms with Crippen LogP contribution >= 0.6 is 0 Å². The maximum absolute atomic E-state index is 12.0. The lowest BCUT2D eigenvalue weighted by molar-refractivity contribution is 0.593. The molecule has 0 saturated heterocycles. The predicted octanol–water partition coefficient (Wildman–Crippen LogP) is 2.19. The van der Waals surface area contributed by atoms with Gasteiger partial charge in [0, 0.05) is 0 Å². The lowest BCUT2D eigenvalue weighted by atomic mass is 10.2. The summed E-state index contributed by atoms with van der Waals surface area (Å²) < 4.78 is 23.9. The topological polar surface area (TPSA) is 34.1 Å². The number of benzene rings is 1. The van der Waals surface area contributed by atoms with Crippen LogP contribution in [0.1, 0.15) is 25.3 Å². The van der Waals surface area contributed by atoms with Crippen LogP contribution < -0.4 is 0 Å². The van der Waals surface area contributed by atoms with Gasteiger partial charge in [0.15, 0.2) is 9.84 Å². The molecule has 0 bridgehead atoms. The minimum atomic E-state index is -3.01. The van der Waals surface area contributed by atoms with E-state index in [0.717, 1.165) is 24.8 Å². The molecule has 3 heteroatoms. The van der Waals surface area contributed by atoms with E-state index in [2.05, 4.69) is 0 Å². The average Bonchev–Trinajstić information content (AvgIpc) is 3.01. The fourth-order valence-electron chi connectivity index (χ4n) is 1.63. The Bertz CT molecular complexity index is 430. The maximum Gasteiger partial charge on any atom is 0.181 e. The van der Waals surface area contributed by atoms with Crippen molar-refractivity contribution in [1.29, 1.82) is 0 Å². The van der Waals surface area contributed by atoms with E-state index in [1.807, 2.05) is 19.1 Å². The van der Waals surface area contributed by atoms with Crippen LogP contribution in [0.4, 0.5) is 0 Å². The van der Waals surface area contributed by atoms with Crippen LogP contribution in [0.15, 0.2) is 29.2 Å². The van der Waals surface area contributed by atoms with Crippen molar-refractivity contribution in [1.82, 2.24) is 0 Å². The van der Waals surface area contributed by atoms with Crippen molar-refractivity contribution >= 4 is 9.84 Å². The highest BCUT2D eigenvalue weighted by Crippen LogP contribution is 2.34. The Morgan fingerprint density at radius 2 is 1.93 bits per heavy atom. The van der Waals surface area contributed by atoms with E-state index >= 15 is 0 Å². The van der Waals surface area contributed by atoms with Crippen molar-refractivity contribution in [3.63, 3.8) is 0 Å². The number of hydrogen-bond acceptors (Lipinski definition) is 2. The molecule has 2 nitrogen and oxygen atoms in total. The predicted molar refractivity (Wildman–Crippen MR) is 56.0 cm³/mol. The van der Waals surface area contributed by atoms with E-state index in [4.69, 9.17) is 0 Å². The smallest absolute Gasteiger partial charge is 0.181 e. The zero-order chi connectivity index (χ0) is 10.2. The first-order valence-corrected chi connectivity index (χ1v) is 6.52. The van der Waals surface area contributed by atoms with Crippen molar-refractivity contribution in [3.05, 3.63) is 29.8 Å². The summed E-state index contributed by atoms with van der Waals surface area (Å²) in [7, 11) is -3.01. The van der Waals surface area contributed by atoms with Gasteiger partial charge in [-0.25, -0.2) is 8.42 Å². The lowest BCUT2D eigenvalue weighted by Gasteiger charge is -2.07. The molecule has 0 aromatic heterocycles. The van der Waals surface area contributed by atoms with Crippen molar-refractivity contribution < 1.29 is 8.42 Å². The molecule has 0 N–H and O–H groups in total. The van der Waals surface area contributed by atoms with Crippen LogP contribution in [0.25, 0.3) is 0 Å². The van der Waals surface area contributed by atoms with Crippen molar-refractivity contribution in [3.8, 4) is 0 Å². The van der Waals surface area contributed by atoms with Crippen LogP contribution in [0.2, 0.25) is 0 Å². The van der Waals surface area contributed by atoms with Gasteiger partial charge in [0.05, 0.1) is 10.1 Å². The lowest BCUT2D eigenvalue weighted by Crippen LogP contribution is -2.09. The second-order valence-electron chi connectivity index (χ2n) is 3.71. The molecule has 0 atom stereocenters. The van der Waals surface area contributed by atoms with E-state index in [1.165, 1.54) is 0 Å². The monoisotopic (exact) mass is 210 g/mol. The largest absolute Gasteiger partial charge is 0.223 e. The van der Waals surface area contributed by atoms with Crippen LogP contribution in [-0.4, -0.2) is 13.7 Å². The first kappa shape index (κ1) is 9.71. The van der Waals surface area contributed by atoms with Crippen LogP contribution in [0.5, 0.6) is 0 Å². The molecule has 1 fully saturated rings. The van der Waals surface area contributed by atoms with Crippen molar-refractivity contribution in [2.24, 2.45) is 0 Å². The second-order valence-corrected chi connectivity index (χ2v) is 5.90. The highest BCUT2D eigenvalue weighted by Gasteiger charge is 2.37. The van der Waals surface area contributed by atoms with E-state index in [0.29, 0.717) is 4.90 Å². The molecule has 0 radical (unpaired) electrons. The fourth-order valence-corrected chi connectivity index (χ4v) is 3.59. The van der Waals surface area contributed by atoms with Gasteiger partial charge in [-0.3, -0.25) is 0 Å². The summed E-state index contributed by atoms with van der Waals surface area (Å²) in [6.45, 7) is 1.99. The van der Waals surface area contributed by atoms with Gasteiger partial charge >= 0.3 is 0 Å². The second kappa shape index (κ2) is 3.39. The van der Waals surface area contributed by atoms with E-state index in [9.17, 15) is 8.42 Å². The molecular formula is C11H14O2S. The molecule has 2 rings (SSSR count). The van der Waals surface area contributed by atoms with Gasteiger partial charge in [0.1, 0.15) is 0 Å². The van der Waals surface area contributed by atoms with E-state index in [-0.39, 0.29) is 5.25 Å². The molecule has 1 aromatic carbocycles. The maximum atomic E-state index is 12.0. The standard InChI is InChI=1S/C11H14O2S/c1-2-9-5-3-4-6-11(9)14(12,13)10-7-8-10/h3-6,10H,2,7-8H2,1H3. The van der Waals surface area contributed by atoms with E-state index < -0.39 is 9.84 Å². The van der Waals surface area contributed by atoms with Crippen molar-refractivity contribution in [2.75, 3.05) is 0 Å². The van der Waals surface area contributed by atoms with E-state index in [1.54, 1.807) is 12.1 Å². The molecule has 14 heavy (non-hydrogen) atoms. The zero-order valence-electron chi connectivity index (χ0n) is 8.23. The van der Waals surface area contributed by atoms with Gasteiger partial charge in [-0.2, -0.15) is 0 Å². The summed E-state index contributed by atoms with van der Waals surface area (Å²) in [5.74, 6) is 0. The third-order valence-corrected chi connectivity index (χ3v) is 4.98. The Labute approximate surface area is 84.9 Å². The summed E-state index contributed by atoms with van der Waals surface area (Å²) in [5.41, 5.74) is 0.944. The van der Waals surface area contributed by atoms with Gasteiger partial charge in [-0.05, 0) is 30.9 Å². The van der Waals surface area contributed by atoms with Crippen LogP contribution in [0.3, 0.4) is 0 Å². The Hall–Kier alpha value is -0.830. The van der Waals surface area contributed by atoms with Gasteiger partial charge in [-0.15, -0.1) is 0 Å². The van der Waals surface area contributed by atoms with Crippen LogP contribution in [-0.2, 0) is 16.3 Å². The molecule has 1 saturated carbocycles. The number of hydrogen-bond donors (Lipinski definition) is 0. The minimum Gasteiger partial charge on any atom is -0.223 e. The molecule has 0 spiro atoms. The SMILES string of the molecule is CCc1ccccc1S(=O)(=O)C1CC1. The summed E-state index contributed by atoms with van der Waals surface area (Å²) in [4.78, 5) is 0.546. The number of aryl methyl sites for hydroxylation is 1. The molecule has 1 aromatic rings. The summed E-state index contributed by atoms with van der Waals surface area (Å²) in [6.07, 6.45) is 2.45. The highest BCUT2D eigenvalue weighted by molar-refractivity contribution is 7.92. The molecular weight excluding hydrogens is 196 g/mol. The Morgan fingerprint density at radius 1 is 1.29 bits per heavy atom. The van der Waals surface area contributed by atoms with Gasteiger partial charge in [0.25, 0.3) is 0 Å². The molecule has 1 aliphatic carbocycles. The Balaban J connectivity index is 2.49. The average molecular weight is 210 g/mol. The fraction of sp³-hybridized carbons (Fsp3) is 0.455. The first-order valence-electron chi connectivity index (χ1n) is 4.98. The Morgan fingerprint density at radius 3 is 2.50 bits per heavy atom. The summed E-state index contributed by atoms with van der Waals surface area (Å²) in [5, 5.41) is -0.102. The quantitative estimate of drug-likeness (QED) is 0.766. The Kier molecular flexibility index (Phi) is 2.35. The third kappa shape index (κ3) is 1.57. The van der Waals surface area contributed by atoms with Crippen molar-refractivity contribution in [2.45, 2.75) is 36.3 Å². The third-order valence-electron chi connectivity index (χ3n) is 2.62. The van der Waals surface area contributed by atoms with Crippen LogP contribution in [0, 0.1) is 0 Å². The van der Waals surface area contributed by atoms with Gasteiger partial charge in [0.2, 0.25) is 0 Å². The normalized spacial score (nSPS) is 16.9. The van der Waals surface area contributed by atoms with Gasteiger partial charge < -0.3 is 0 Å². The molecule has 0 aliphatic heterocycles. The molecule has 1 aliphatic rings. The molecule has 0 heterocycles.